The molecule has 1 saturated heterocycles. The number of aromatic hydroxyl groups is 1. The van der Waals surface area contributed by atoms with Crippen LogP contribution < -0.4 is 9.62 Å². The molecule has 0 bridgehead atoms. The van der Waals surface area contributed by atoms with Crippen LogP contribution in [0, 0.1) is 29.1 Å². The van der Waals surface area contributed by atoms with E-state index in [1.165, 1.54) is 30.7 Å². The Morgan fingerprint density at radius 2 is 1.39 bits per heavy atom. The average molecular weight is 725 g/mol. The fourth-order valence-corrected chi connectivity index (χ4v) is 5.93. The van der Waals surface area contributed by atoms with E-state index in [1.807, 2.05) is 7.05 Å². The Bertz CT molecular complexity index is 1710. The number of hydrogen-bond donors (Lipinski definition) is 2. The molecule has 2 N–H and O–H groups in total. The molecule has 5 rings (SSSR count). The van der Waals surface area contributed by atoms with Crippen molar-refractivity contribution in [1.29, 1.82) is 0 Å². The fourth-order valence-electron chi connectivity index (χ4n) is 2.76. The minimum Gasteiger partial charge on any atom is -0.505 e. The van der Waals surface area contributed by atoms with E-state index < -0.39 is 63.7 Å². The summed E-state index contributed by atoms with van der Waals surface area (Å²) in [6.07, 6.45) is 5.20. The molecule has 3 heterocycles. The number of phenolic OH excluding ortho intramolecular Hbond substituents is 1. The summed E-state index contributed by atoms with van der Waals surface area (Å²) in [5.41, 5.74) is 0. The highest BCUT2D eigenvalue weighted by Gasteiger charge is 2.28. The molecule has 44 heavy (non-hydrogen) atoms. The Kier molecular flexibility index (Phi) is 14.0. The molecule has 2 aromatic heterocycles. The topological polar surface area (TPSA) is 165 Å². The number of sulfonamides is 1. The molecule has 1 fully saturated rings. The van der Waals surface area contributed by atoms with Crippen molar-refractivity contribution >= 4 is 63.1 Å². The summed E-state index contributed by atoms with van der Waals surface area (Å²) in [4.78, 5) is 5.51. The SMILES string of the molecule is C1CCOC1.CN(c1ncns1)S(=O)(=O)c1cc(F)c(F)cc1F.CNc1ncns1.O=S(=O)(Cl)c1cc(F)c(O)cc1F. The van der Waals surface area contributed by atoms with E-state index in [0.717, 1.165) is 43.3 Å². The van der Waals surface area contributed by atoms with Crippen molar-refractivity contribution in [3.63, 3.8) is 0 Å². The van der Waals surface area contributed by atoms with Crippen LogP contribution in [-0.2, 0) is 23.8 Å². The van der Waals surface area contributed by atoms with Gasteiger partial charge in [0, 0.05) is 85.3 Å². The predicted octanol–water partition coefficient (Wildman–Crippen LogP) is 4.76. The molecule has 0 aliphatic carbocycles. The van der Waals surface area contributed by atoms with Crippen molar-refractivity contribution in [1.82, 2.24) is 18.7 Å². The minimum absolute atomic E-state index is 0.0240. The molecule has 0 unspecified atom stereocenters. The first-order valence-electron chi connectivity index (χ1n) is 11.6. The number of benzene rings is 2. The van der Waals surface area contributed by atoms with Crippen molar-refractivity contribution in [2.75, 3.05) is 36.9 Å². The first kappa shape index (κ1) is 36.9. The third-order valence-corrected chi connectivity index (χ3v) is 9.54. The zero-order chi connectivity index (χ0) is 33.1. The van der Waals surface area contributed by atoms with Crippen molar-refractivity contribution in [2.24, 2.45) is 0 Å². The lowest BCUT2D eigenvalue weighted by atomic mass is 10.3. The zero-order valence-corrected chi connectivity index (χ0v) is 26.4. The van der Waals surface area contributed by atoms with E-state index in [1.54, 1.807) is 0 Å². The Hall–Kier alpha value is -3.24. The largest absolute Gasteiger partial charge is 0.505 e. The molecule has 0 radical (unpaired) electrons. The molecular weight excluding hydrogens is 703 g/mol. The molecule has 2 aromatic carbocycles. The van der Waals surface area contributed by atoms with Crippen LogP contribution >= 0.6 is 33.7 Å². The van der Waals surface area contributed by atoms with Gasteiger partial charge in [-0.15, -0.1) is 0 Å². The van der Waals surface area contributed by atoms with Crippen molar-refractivity contribution < 1.29 is 48.6 Å². The third kappa shape index (κ3) is 10.7. The van der Waals surface area contributed by atoms with Crippen molar-refractivity contribution in [2.45, 2.75) is 22.6 Å². The van der Waals surface area contributed by atoms with Gasteiger partial charge in [0.25, 0.3) is 19.1 Å². The van der Waals surface area contributed by atoms with Gasteiger partial charge in [-0.3, -0.25) is 0 Å². The second-order valence-corrected chi connectivity index (χ2v) is 13.9. The predicted molar refractivity (Wildman–Crippen MR) is 152 cm³/mol. The van der Waals surface area contributed by atoms with Crippen LogP contribution in [-0.4, -0.2) is 68.0 Å². The molecule has 0 spiro atoms. The highest BCUT2D eigenvalue weighted by atomic mass is 35.7. The Morgan fingerprint density at radius 1 is 0.841 bits per heavy atom. The summed E-state index contributed by atoms with van der Waals surface area (Å²) in [7, 11) is -0.999. The number of rotatable bonds is 5. The first-order chi connectivity index (χ1) is 20.6. The van der Waals surface area contributed by atoms with Gasteiger partial charge in [0.1, 0.15) is 34.1 Å². The maximum atomic E-state index is 13.5. The molecule has 1 aliphatic heterocycles. The van der Waals surface area contributed by atoms with Gasteiger partial charge in [-0.05, 0) is 12.8 Å². The average Bonchev–Trinajstić information content (AvgIpc) is 3.77. The monoisotopic (exact) mass is 724 g/mol. The highest BCUT2D eigenvalue weighted by Crippen LogP contribution is 2.27. The maximum Gasteiger partial charge on any atom is 0.268 e. The second-order valence-electron chi connectivity index (χ2n) is 7.88. The van der Waals surface area contributed by atoms with E-state index in [-0.39, 0.29) is 17.3 Å². The lowest BCUT2D eigenvalue weighted by Gasteiger charge is -2.16. The number of phenols is 1. The zero-order valence-electron chi connectivity index (χ0n) is 22.4. The lowest BCUT2D eigenvalue weighted by molar-refractivity contribution is 0.198. The van der Waals surface area contributed by atoms with Crippen LogP contribution in [0.4, 0.5) is 32.2 Å². The van der Waals surface area contributed by atoms with Gasteiger partial charge in [0.2, 0.25) is 10.3 Å². The number of nitrogens with one attached hydrogen (secondary N) is 1. The van der Waals surface area contributed by atoms with Gasteiger partial charge in [0.15, 0.2) is 23.2 Å². The second kappa shape index (κ2) is 16.7. The first-order valence-corrected chi connectivity index (χ1v) is 16.9. The number of nitrogens with zero attached hydrogens (tertiary/aromatic N) is 5. The minimum atomic E-state index is -4.37. The fraction of sp³-hybridized carbons (Fsp3) is 0.273. The molecule has 0 amide bonds. The van der Waals surface area contributed by atoms with Gasteiger partial charge in [-0.25, -0.2) is 53.1 Å². The standard InChI is InChI=1S/C9H6F3N3O2S2.C6H3ClF2O3S.C4H8O.C3H5N3S/c1-15(9-13-4-14-18-9)19(16,17)8-3-6(11)5(10)2-7(8)12;7-13(11,12)6-2-3(8)5(10)1-4(6)9;1-2-4-5-3-1;1-4-3-5-2-6-7-3/h2-4H,1H3;1-2,10H;1-4H2;2H,1H3,(H,4,5,6). The van der Waals surface area contributed by atoms with Crippen molar-refractivity contribution in [3.05, 3.63) is 66.0 Å². The number of aromatic nitrogens is 4. The lowest BCUT2D eigenvalue weighted by Crippen LogP contribution is -2.27. The third-order valence-electron chi connectivity index (χ3n) is 4.90. The van der Waals surface area contributed by atoms with Crippen molar-refractivity contribution in [3.8, 4) is 5.75 Å². The summed E-state index contributed by atoms with van der Waals surface area (Å²) >= 11 is 2.11. The van der Waals surface area contributed by atoms with Gasteiger partial charge < -0.3 is 15.2 Å². The van der Waals surface area contributed by atoms with Gasteiger partial charge in [0.05, 0.1) is 0 Å². The number of halogens is 6. The van der Waals surface area contributed by atoms with Crippen LogP contribution in [0.5, 0.6) is 5.75 Å². The molecule has 0 saturated carbocycles. The Morgan fingerprint density at radius 3 is 1.84 bits per heavy atom. The summed E-state index contributed by atoms with van der Waals surface area (Å²) in [6, 6.07) is 1.12. The van der Waals surface area contributed by atoms with E-state index >= 15 is 0 Å². The van der Waals surface area contributed by atoms with E-state index in [4.69, 9.17) is 20.5 Å². The number of anilines is 2. The molecular formula is C22H22ClF5N6O6S4. The summed E-state index contributed by atoms with van der Waals surface area (Å²) in [6.45, 7) is 2.00. The Labute approximate surface area is 260 Å². The summed E-state index contributed by atoms with van der Waals surface area (Å²) < 4.78 is 123. The smallest absolute Gasteiger partial charge is 0.268 e. The van der Waals surface area contributed by atoms with Crippen LogP contribution in [0.15, 0.2) is 46.7 Å². The molecule has 0 atom stereocenters. The highest BCUT2D eigenvalue weighted by molar-refractivity contribution is 8.13. The summed E-state index contributed by atoms with van der Waals surface area (Å²) in [5.74, 6) is -7.81. The molecule has 22 heteroatoms. The molecule has 1 aliphatic rings. The maximum absolute atomic E-state index is 13.5. The van der Waals surface area contributed by atoms with Gasteiger partial charge in [-0.1, -0.05) is 0 Å². The van der Waals surface area contributed by atoms with Crippen LogP contribution in [0.2, 0.25) is 0 Å². The van der Waals surface area contributed by atoms with Crippen LogP contribution in [0.1, 0.15) is 12.8 Å². The van der Waals surface area contributed by atoms with Gasteiger partial charge >= 0.3 is 0 Å². The molecule has 242 valence electrons. The van der Waals surface area contributed by atoms with Crippen LogP contribution in [0.25, 0.3) is 0 Å². The normalized spacial score (nSPS) is 12.5. The van der Waals surface area contributed by atoms with Crippen LogP contribution in [0.3, 0.4) is 0 Å². The van der Waals surface area contributed by atoms with Gasteiger partial charge in [-0.2, -0.15) is 8.75 Å². The number of hydrogen-bond acceptors (Lipinski definition) is 13. The molecule has 4 aromatic rings. The van der Waals surface area contributed by atoms with E-state index in [9.17, 15) is 38.8 Å². The number of ether oxygens (including phenoxy) is 1. The molecule has 12 nitrogen and oxygen atoms in total. The van der Waals surface area contributed by atoms with E-state index in [2.05, 4.69) is 24.0 Å². The Balaban J connectivity index is 0.000000231. The summed E-state index contributed by atoms with van der Waals surface area (Å²) in [5, 5.41) is 12.3. The quantitative estimate of drug-likeness (QED) is 0.166. The van der Waals surface area contributed by atoms with E-state index in [0.29, 0.717) is 16.4 Å².